The maximum absolute atomic E-state index is 12.9. The van der Waals surface area contributed by atoms with Crippen molar-refractivity contribution >= 4 is 16.9 Å². The molecule has 2 unspecified atom stereocenters. The number of para-hydroxylation sites is 2. The van der Waals surface area contributed by atoms with Crippen LogP contribution in [-0.4, -0.2) is 21.6 Å². The Morgan fingerprint density at radius 3 is 2.30 bits per heavy atom. The number of carbonyl (C=O) groups is 1. The maximum atomic E-state index is 12.9. The molecule has 5 heteroatoms. The fourth-order valence-corrected chi connectivity index (χ4v) is 3.61. The van der Waals surface area contributed by atoms with Gasteiger partial charge in [0.1, 0.15) is 0 Å². The van der Waals surface area contributed by atoms with E-state index in [9.17, 15) is 9.59 Å². The second-order valence-corrected chi connectivity index (χ2v) is 7.06. The Balaban J connectivity index is 0.000000665. The number of nitrogens with two attached hydrogens (primary N) is 1. The van der Waals surface area contributed by atoms with Crippen molar-refractivity contribution in [2.75, 3.05) is 6.54 Å². The molecule has 0 bridgehead atoms. The number of rotatable bonds is 3. The highest BCUT2D eigenvalue weighted by Crippen LogP contribution is 2.30. The van der Waals surface area contributed by atoms with Crippen LogP contribution in [0.2, 0.25) is 0 Å². The predicted octanol–water partition coefficient (Wildman–Crippen LogP) is 4.67. The number of imidazole rings is 1. The van der Waals surface area contributed by atoms with Crippen LogP contribution in [0.4, 0.5) is 0 Å². The minimum atomic E-state index is -0.255. The Bertz CT molecular complexity index is 760. The van der Waals surface area contributed by atoms with Crippen LogP contribution in [-0.2, 0) is 6.54 Å². The van der Waals surface area contributed by atoms with Crippen molar-refractivity contribution in [2.24, 2.45) is 17.6 Å². The van der Waals surface area contributed by atoms with Gasteiger partial charge in [-0.3, -0.25) is 9.36 Å². The monoisotopic (exact) mass is 375 g/mol. The first-order valence-corrected chi connectivity index (χ1v) is 10.5. The molecule has 1 aromatic heterocycles. The lowest BCUT2D eigenvalue weighted by Crippen LogP contribution is -2.35. The SMILES string of the molecule is CC.CC1CCCC(C(=O)n2c(=O)n(CCN)c3ccccc32)C1.CCC. The van der Waals surface area contributed by atoms with Crippen molar-refractivity contribution in [3.05, 3.63) is 34.7 Å². The summed E-state index contributed by atoms with van der Waals surface area (Å²) in [7, 11) is 0. The molecule has 0 saturated heterocycles. The molecule has 2 aromatic rings. The van der Waals surface area contributed by atoms with E-state index in [4.69, 9.17) is 5.73 Å². The maximum Gasteiger partial charge on any atom is 0.336 e. The van der Waals surface area contributed by atoms with Gasteiger partial charge in [0.2, 0.25) is 5.91 Å². The molecule has 3 rings (SSSR count). The summed E-state index contributed by atoms with van der Waals surface area (Å²) < 4.78 is 2.98. The third kappa shape index (κ3) is 5.55. The molecular formula is C22H37N3O2. The van der Waals surface area contributed by atoms with Crippen molar-refractivity contribution in [1.29, 1.82) is 0 Å². The summed E-state index contributed by atoms with van der Waals surface area (Å²) in [5.41, 5.74) is 6.84. The zero-order valence-electron chi connectivity index (χ0n) is 17.7. The first-order valence-electron chi connectivity index (χ1n) is 10.5. The van der Waals surface area contributed by atoms with Crippen LogP contribution in [0.5, 0.6) is 0 Å². The molecule has 27 heavy (non-hydrogen) atoms. The standard InChI is InChI=1S/C17H23N3O2.C3H8.C2H6/c1-12-5-4-6-13(11-12)16(21)20-15-8-3-2-7-14(15)19(10-9-18)17(20)22;1-3-2;1-2/h2-3,7-8,12-13H,4-6,9-11,18H2,1H3;3H2,1-2H3;1-2H3. The summed E-state index contributed by atoms with van der Waals surface area (Å²) in [6.07, 6.45) is 5.25. The number of fused-ring (bicyclic) bond motifs is 1. The molecule has 1 aromatic carbocycles. The summed E-state index contributed by atoms with van der Waals surface area (Å²) in [6, 6.07) is 7.46. The number of nitrogens with zero attached hydrogens (tertiary/aromatic N) is 2. The molecule has 0 aliphatic heterocycles. The van der Waals surface area contributed by atoms with Gasteiger partial charge in [-0.05, 0) is 30.9 Å². The zero-order valence-corrected chi connectivity index (χ0v) is 17.7. The molecule has 5 nitrogen and oxygen atoms in total. The van der Waals surface area contributed by atoms with Crippen molar-refractivity contribution in [3.8, 4) is 0 Å². The molecule has 1 aliphatic rings. The number of hydrogen-bond donors (Lipinski definition) is 1. The Kier molecular flexibility index (Phi) is 10.1. The van der Waals surface area contributed by atoms with Gasteiger partial charge in [0.05, 0.1) is 11.0 Å². The quantitative estimate of drug-likeness (QED) is 0.847. The lowest BCUT2D eigenvalue weighted by Gasteiger charge is -2.25. The van der Waals surface area contributed by atoms with Gasteiger partial charge < -0.3 is 5.73 Å². The second-order valence-electron chi connectivity index (χ2n) is 7.06. The largest absolute Gasteiger partial charge is 0.336 e. The van der Waals surface area contributed by atoms with Gasteiger partial charge in [0, 0.05) is 19.0 Å². The van der Waals surface area contributed by atoms with E-state index in [1.54, 1.807) is 4.57 Å². The molecule has 2 N–H and O–H groups in total. The first kappa shape index (κ1) is 23.2. The smallest absolute Gasteiger partial charge is 0.329 e. The van der Waals surface area contributed by atoms with Gasteiger partial charge in [-0.15, -0.1) is 0 Å². The fraction of sp³-hybridized carbons (Fsp3) is 0.636. The average molecular weight is 376 g/mol. The first-order chi connectivity index (χ1) is 13.0. The summed E-state index contributed by atoms with van der Waals surface area (Å²) in [5.74, 6) is 0.456. The van der Waals surface area contributed by atoms with Crippen molar-refractivity contribution in [2.45, 2.75) is 73.3 Å². The van der Waals surface area contributed by atoms with Crippen LogP contribution in [0.15, 0.2) is 29.1 Å². The molecule has 152 valence electrons. The molecule has 1 fully saturated rings. The third-order valence-electron chi connectivity index (χ3n) is 4.69. The number of carbonyl (C=O) groups excluding carboxylic acids is 1. The Hall–Kier alpha value is -1.88. The highest BCUT2D eigenvalue weighted by atomic mass is 16.2. The van der Waals surface area contributed by atoms with Crippen LogP contribution in [0, 0.1) is 11.8 Å². The third-order valence-corrected chi connectivity index (χ3v) is 4.69. The minimum absolute atomic E-state index is 0.0430. The van der Waals surface area contributed by atoms with Crippen LogP contribution in [0.1, 0.15) is 71.5 Å². The predicted molar refractivity (Wildman–Crippen MR) is 114 cm³/mol. The van der Waals surface area contributed by atoms with Gasteiger partial charge in [0.25, 0.3) is 0 Å². The van der Waals surface area contributed by atoms with Crippen molar-refractivity contribution in [1.82, 2.24) is 9.13 Å². The molecule has 0 spiro atoms. The van der Waals surface area contributed by atoms with Gasteiger partial charge in [-0.25, -0.2) is 9.36 Å². The molecule has 2 atom stereocenters. The van der Waals surface area contributed by atoms with E-state index >= 15 is 0 Å². The second kappa shape index (κ2) is 11.8. The molecule has 0 amide bonds. The van der Waals surface area contributed by atoms with E-state index in [2.05, 4.69) is 20.8 Å². The van der Waals surface area contributed by atoms with Crippen LogP contribution < -0.4 is 11.4 Å². The number of aromatic nitrogens is 2. The van der Waals surface area contributed by atoms with E-state index in [0.29, 0.717) is 24.5 Å². The van der Waals surface area contributed by atoms with E-state index in [1.807, 2.05) is 38.1 Å². The molecule has 0 radical (unpaired) electrons. The summed E-state index contributed by atoms with van der Waals surface area (Å²) in [5, 5.41) is 0. The van der Waals surface area contributed by atoms with E-state index < -0.39 is 0 Å². The normalized spacial score (nSPS) is 18.9. The highest BCUT2D eigenvalue weighted by Gasteiger charge is 2.29. The Morgan fingerprint density at radius 2 is 1.74 bits per heavy atom. The van der Waals surface area contributed by atoms with E-state index in [0.717, 1.165) is 24.8 Å². The van der Waals surface area contributed by atoms with Gasteiger partial charge in [-0.1, -0.05) is 66.0 Å². The van der Waals surface area contributed by atoms with Crippen molar-refractivity contribution in [3.63, 3.8) is 0 Å². The number of benzene rings is 1. The van der Waals surface area contributed by atoms with Gasteiger partial charge in [0.15, 0.2) is 0 Å². The lowest BCUT2D eigenvalue weighted by molar-refractivity contribution is 0.0779. The van der Waals surface area contributed by atoms with Crippen molar-refractivity contribution < 1.29 is 4.79 Å². The molecule has 1 heterocycles. The van der Waals surface area contributed by atoms with Crippen LogP contribution >= 0.6 is 0 Å². The van der Waals surface area contributed by atoms with Gasteiger partial charge in [-0.2, -0.15) is 0 Å². The topological polar surface area (TPSA) is 70.0 Å². The lowest BCUT2D eigenvalue weighted by atomic mass is 9.82. The summed E-state index contributed by atoms with van der Waals surface area (Å²) in [6.45, 7) is 11.2. The summed E-state index contributed by atoms with van der Waals surface area (Å²) >= 11 is 0. The zero-order chi connectivity index (χ0) is 20.4. The van der Waals surface area contributed by atoms with Crippen LogP contribution in [0.25, 0.3) is 11.0 Å². The highest BCUT2D eigenvalue weighted by molar-refractivity contribution is 5.91. The van der Waals surface area contributed by atoms with Crippen LogP contribution in [0.3, 0.4) is 0 Å². The minimum Gasteiger partial charge on any atom is -0.329 e. The molecular weight excluding hydrogens is 338 g/mol. The Labute approximate surface area is 163 Å². The van der Waals surface area contributed by atoms with Gasteiger partial charge >= 0.3 is 5.69 Å². The fourth-order valence-electron chi connectivity index (χ4n) is 3.61. The van der Waals surface area contributed by atoms with E-state index in [-0.39, 0.29) is 17.5 Å². The molecule has 1 aliphatic carbocycles. The van der Waals surface area contributed by atoms with E-state index in [1.165, 1.54) is 17.4 Å². The molecule has 1 saturated carbocycles. The summed E-state index contributed by atoms with van der Waals surface area (Å²) in [4.78, 5) is 25.6. The average Bonchev–Trinajstić information content (AvgIpc) is 2.96. The Morgan fingerprint density at radius 1 is 1.15 bits per heavy atom. The number of hydrogen-bond acceptors (Lipinski definition) is 3.